The van der Waals surface area contributed by atoms with E-state index >= 15 is 0 Å². The van der Waals surface area contributed by atoms with E-state index in [9.17, 15) is 14.9 Å². The SMILES string of the molecule is O=C(NCC1CCC(Br)CC1)c1cc(Cl)cc([N+](=O)[O-])c1. The van der Waals surface area contributed by atoms with Gasteiger partial charge in [0.2, 0.25) is 0 Å². The first-order valence-electron chi connectivity index (χ1n) is 6.83. The molecule has 1 amide bonds. The van der Waals surface area contributed by atoms with Crippen LogP contribution in [0.1, 0.15) is 36.0 Å². The number of non-ortho nitro benzene ring substituents is 1. The van der Waals surface area contributed by atoms with Crippen molar-refractivity contribution in [3.05, 3.63) is 38.9 Å². The molecule has 1 aromatic carbocycles. The van der Waals surface area contributed by atoms with Crippen LogP contribution in [0.3, 0.4) is 0 Å². The van der Waals surface area contributed by atoms with E-state index in [0.717, 1.165) is 25.7 Å². The molecule has 5 nitrogen and oxygen atoms in total. The van der Waals surface area contributed by atoms with E-state index in [1.807, 2.05) is 0 Å². The zero-order valence-corrected chi connectivity index (χ0v) is 13.7. The molecule has 1 N–H and O–H groups in total. The third kappa shape index (κ3) is 4.68. The number of rotatable bonds is 4. The lowest BCUT2D eigenvalue weighted by atomic mass is 9.89. The minimum absolute atomic E-state index is 0.174. The number of nitrogens with one attached hydrogen (secondary N) is 1. The van der Waals surface area contributed by atoms with Crippen LogP contribution in [0.15, 0.2) is 18.2 Å². The average Bonchev–Trinajstić information content (AvgIpc) is 2.45. The molecular formula is C14H16BrClN2O3. The van der Waals surface area contributed by atoms with Gasteiger partial charge in [-0.3, -0.25) is 14.9 Å². The van der Waals surface area contributed by atoms with Crippen LogP contribution >= 0.6 is 27.5 Å². The Morgan fingerprint density at radius 2 is 2.00 bits per heavy atom. The van der Waals surface area contributed by atoms with Crippen molar-refractivity contribution in [1.29, 1.82) is 0 Å². The van der Waals surface area contributed by atoms with Gasteiger partial charge in [0.15, 0.2) is 0 Å². The van der Waals surface area contributed by atoms with Gasteiger partial charge in [-0.2, -0.15) is 0 Å². The van der Waals surface area contributed by atoms with Crippen molar-refractivity contribution >= 4 is 39.1 Å². The fourth-order valence-corrected chi connectivity index (χ4v) is 3.23. The average molecular weight is 376 g/mol. The molecule has 7 heteroatoms. The van der Waals surface area contributed by atoms with Gasteiger partial charge >= 0.3 is 0 Å². The second-order valence-electron chi connectivity index (χ2n) is 5.28. The standard InChI is InChI=1S/C14H16BrClN2O3/c15-11-3-1-9(2-4-11)8-17-14(19)10-5-12(16)7-13(6-10)18(20)21/h5-7,9,11H,1-4,8H2,(H,17,19). The van der Waals surface area contributed by atoms with E-state index in [1.165, 1.54) is 18.2 Å². The fraction of sp³-hybridized carbons (Fsp3) is 0.500. The summed E-state index contributed by atoms with van der Waals surface area (Å²) in [7, 11) is 0. The molecule has 1 aliphatic rings. The van der Waals surface area contributed by atoms with Crippen molar-refractivity contribution in [2.75, 3.05) is 6.54 Å². The van der Waals surface area contributed by atoms with E-state index in [0.29, 0.717) is 17.3 Å². The van der Waals surface area contributed by atoms with Crippen molar-refractivity contribution in [3.63, 3.8) is 0 Å². The van der Waals surface area contributed by atoms with E-state index in [-0.39, 0.29) is 22.2 Å². The summed E-state index contributed by atoms with van der Waals surface area (Å²) in [5, 5.41) is 13.8. The molecule has 1 aliphatic carbocycles. The number of alkyl halides is 1. The maximum Gasteiger partial charge on any atom is 0.271 e. The van der Waals surface area contributed by atoms with Crippen LogP contribution in [0.25, 0.3) is 0 Å². The minimum atomic E-state index is -0.556. The minimum Gasteiger partial charge on any atom is -0.352 e. The quantitative estimate of drug-likeness (QED) is 0.492. The van der Waals surface area contributed by atoms with E-state index in [2.05, 4.69) is 21.2 Å². The van der Waals surface area contributed by atoms with Crippen LogP contribution in [0.5, 0.6) is 0 Å². The van der Waals surface area contributed by atoms with Crippen molar-refractivity contribution in [1.82, 2.24) is 5.32 Å². The summed E-state index contributed by atoms with van der Waals surface area (Å²) in [5.74, 6) is 0.151. The number of nitro benzene ring substituents is 1. The van der Waals surface area contributed by atoms with Gasteiger partial charge in [-0.15, -0.1) is 0 Å². The Balaban J connectivity index is 1.95. The van der Waals surface area contributed by atoms with Crippen molar-refractivity contribution in [2.45, 2.75) is 30.5 Å². The monoisotopic (exact) mass is 374 g/mol. The Morgan fingerprint density at radius 3 is 2.62 bits per heavy atom. The summed E-state index contributed by atoms with van der Waals surface area (Å²) >= 11 is 9.41. The largest absolute Gasteiger partial charge is 0.352 e. The second-order valence-corrected chi connectivity index (χ2v) is 7.01. The summed E-state index contributed by atoms with van der Waals surface area (Å²) in [6.07, 6.45) is 4.38. The molecule has 0 bridgehead atoms. The molecular weight excluding hydrogens is 360 g/mol. The van der Waals surface area contributed by atoms with Gasteiger partial charge in [0.25, 0.3) is 11.6 Å². The number of carbonyl (C=O) groups excluding carboxylic acids is 1. The van der Waals surface area contributed by atoms with Crippen LogP contribution in [0.2, 0.25) is 5.02 Å². The van der Waals surface area contributed by atoms with Gasteiger partial charge < -0.3 is 5.32 Å². The first-order chi connectivity index (χ1) is 9.95. The zero-order chi connectivity index (χ0) is 15.4. The molecule has 1 saturated carbocycles. The van der Waals surface area contributed by atoms with Gasteiger partial charge in [-0.1, -0.05) is 27.5 Å². The number of hydrogen-bond acceptors (Lipinski definition) is 3. The summed E-state index contributed by atoms with van der Waals surface area (Å²) in [5.41, 5.74) is 0.0517. The summed E-state index contributed by atoms with van der Waals surface area (Å²) in [6.45, 7) is 0.596. The Labute approximate surface area is 136 Å². The second kappa shape index (κ2) is 7.22. The number of benzene rings is 1. The molecule has 0 heterocycles. The normalized spacial score (nSPS) is 21.8. The number of nitro groups is 1. The Hall–Kier alpha value is -1.14. The van der Waals surface area contributed by atoms with Crippen LogP contribution in [-0.2, 0) is 0 Å². The first-order valence-corrected chi connectivity index (χ1v) is 8.12. The Morgan fingerprint density at radius 1 is 1.33 bits per heavy atom. The van der Waals surface area contributed by atoms with Crippen molar-refractivity contribution in [2.24, 2.45) is 5.92 Å². The number of nitrogens with zero attached hydrogens (tertiary/aromatic N) is 1. The highest BCUT2D eigenvalue weighted by molar-refractivity contribution is 9.09. The number of amides is 1. The Kier molecular flexibility index (Phi) is 5.58. The molecule has 1 fully saturated rings. The maximum atomic E-state index is 12.1. The van der Waals surface area contributed by atoms with E-state index in [4.69, 9.17) is 11.6 Å². The fourth-order valence-electron chi connectivity index (χ4n) is 2.48. The smallest absolute Gasteiger partial charge is 0.271 e. The molecule has 0 unspecified atom stereocenters. The summed E-state index contributed by atoms with van der Waals surface area (Å²) in [6, 6.07) is 3.92. The zero-order valence-electron chi connectivity index (χ0n) is 11.4. The van der Waals surface area contributed by atoms with Gasteiger partial charge in [0, 0.05) is 34.1 Å². The lowest BCUT2D eigenvalue weighted by Gasteiger charge is -2.25. The third-order valence-corrected chi connectivity index (χ3v) is 4.82. The maximum absolute atomic E-state index is 12.1. The van der Waals surface area contributed by atoms with Crippen LogP contribution in [0.4, 0.5) is 5.69 Å². The molecule has 114 valence electrons. The molecule has 2 rings (SSSR count). The Bertz CT molecular complexity index is 545. The molecule has 0 spiro atoms. The van der Waals surface area contributed by atoms with Gasteiger partial charge in [0.1, 0.15) is 0 Å². The predicted octanol–water partition coefficient (Wildman–Crippen LogP) is 3.93. The summed E-state index contributed by atoms with van der Waals surface area (Å²) < 4.78 is 0. The highest BCUT2D eigenvalue weighted by Gasteiger charge is 2.20. The van der Waals surface area contributed by atoms with Gasteiger partial charge in [0.05, 0.1) is 4.92 Å². The van der Waals surface area contributed by atoms with Crippen molar-refractivity contribution < 1.29 is 9.72 Å². The topological polar surface area (TPSA) is 72.2 Å². The number of hydrogen-bond donors (Lipinski definition) is 1. The molecule has 0 aromatic heterocycles. The first kappa shape index (κ1) is 16.2. The summed E-state index contributed by atoms with van der Waals surface area (Å²) in [4.78, 5) is 22.9. The number of halogens is 2. The van der Waals surface area contributed by atoms with Gasteiger partial charge in [-0.25, -0.2) is 0 Å². The van der Waals surface area contributed by atoms with Crippen molar-refractivity contribution in [3.8, 4) is 0 Å². The van der Waals surface area contributed by atoms with E-state index < -0.39 is 4.92 Å². The number of carbonyl (C=O) groups is 1. The molecule has 0 radical (unpaired) electrons. The van der Waals surface area contributed by atoms with E-state index in [1.54, 1.807) is 0 Å². The van der Waals surface area contributed by atoms with Crippen LogP contribution < -0.4 is 5.32 Å². The molecule has 0 saturated heterocycles. The third-order valence-electron chi connectivity index (χ3n) is 3.68. The highest BCUT2D eigenvalue weighted by atomic mass is 79.9. The van der Waals surface area contributed by atoms with Crippen LogP contribution in [0, 0.1) is 16.0 Å². The van der Waals surface area contributed by atoms with Gasteiger partial charge in [-0.05, 0) is 37.7 Å². The highest BCUT2D eigenvalue weighted by Crippen LogP contribution is 2.28. The molecule has 1 aromatic rings. The van der Waals surface area contributed by atoms with Crippen LogP contribution in [-0.4, -0.2) is 22.2 Å². The molecule has 21 heavy (non-hydrogen) atoms. The predicted molar refractivity (Wildman–Crippen MR) is 85.1 cm³/mol. The lowest BCUT2D eigenvalue weighted by Crippen LogP contribution is -2.31. The lowest BCUT2D eigenvalue weighted by molar-refractivity contribution is -0.384. The molecule has 0 aliphatic heterocycles. The molecule has 0 atom stereocenters.